The maximum atomic E-state index is 6.21. The number of hydrogen-bond donors (Lipinski definition) is 1. The van der Waals surface area contributed by atoms with E-state index in [0.717, 1.165) is 74.9 Å². The van der Waals surface area contributed by atoms with Gasteiger partial charge in [0.05, 0.1) is 23.8 Å². The van der Waals surface area contributed by atoms with Gasteiger partial charge in [0.1, 0.15) is 5.54 Å². The van der Waals surface area contributed by atoms with Crippen LogP contribution in [0.1, 0.15) is 84.6 Å². The Kier molecular flexibility index (Phi) is 14.5. The third-order valence-electron chi connectivity index (χ3n) is 11.4. The summed E-state index contributed by atoms with van der Waals surface area (Å²) in [7, 11) is 0. The van der Waals surface area contributed by atoms with E-state index in [1.54, 1.807) is 0 Å². The predicted molar refractivity (Wildman–Crippen MR) is 231 cm³/mol. The molecule has 56 heavy (non-hydrogen) atoms. The van der Waals surface area contributed by atoms with Crippen LogP contribution in [0.3, 0.4) is 0 Å². The molecule has 1 fully saturated rings. The predicted octanol–water partition coefficient (Wildman–Crippen LogP) is 10.0. The molecule has 0 bridgehead atoms. The highest BCUT2D eigenvalue weighted by Gasteiger charge is 2.38. The number of unbranched alkanes of at least 4 members (excludes halogenated alkanes) is 5. The largest absolute Gasteiger partial charge is 0.319 e. The first-order valence-electron chi connectivity index (χ1n) is 20.8. The Morgan fingerprint density at radius 2 is 1.16 bits per heavy atom. The molecule has 3 heterocycles. The summed E-state index contributed by atoms with van der Waals surface area (Å²) in [5.74, 6) is 0. The van der Waals surface area contributed by atoms with Gasteiger partial charge >= 0.3 is 0 Å². The summed E-state index contributed by atoms with van der Waals surface area (Å²) in [5, 5.41) is 4.47. The van der Waals surface area contributed by atoms with E-state index in [1.165, 1.54) is 60.9 Å². The Morgan fingerprint density at radius 3 is 1.77 bits per heavy atom. The summed E-state index contributed by atoms with van der Waals surface area (Å²) < 4.78 is 2.32. The Morgan fingerprint density at radius 1 is 0.589 bits per heavy atom. The molecule has 1 N–H and O–H groups in total. The molecule has 290 valence electrons. The van der Waals surface area contributed by atoms with Crippen LogP contribution in [0.25, 0.3) is 0 Å². The Bertz CT molecular complexity index is 1880. The van der Waals surface area contributed by atoms with Gasteiger partial charge in [-0.1, -0.05) is 140 Å². The Balaban J connectivity index is 0.787. The van der Waals surface area contributed by atoms with Crippen LogP contribution in [0.15, 0.2) is 152 Å². The van der Waals surface area contributed by atoms with Crippen LogP contribution in [0.4, 0.5) is 0 Å². The van der Waals surface area contributed by atoms with Crippen LogP contribution in [-0.2, 0) is 12.0 Å². The van der Waals surface area contributed by atoms with E-state index in [9.17, 15) is 0 Å². The number of rotatable bonds is 20. The number of hydrogen-bond acceptors (Lipinski definition) is 5. The van der Waals surface area contributed by atoms with E-state index >= 15 is 0 Å². The molecule has 7 rings (SSSR count). The van der Waals surface area contributed by atoms with Gasteiger partial charge in [-0.3, -0.25) is 9.88 Å². The topological polar surface area (TPSA) is 49.2 Å². The van der Waals surface area contributed by atoms with Gasteiger partial charge in [0, 0.05) is 43.6 Å². The number of aromatic nitrogens is 3. The second-order valence-electron chi connectivity index (χ2n) is 15.1. The van der Waals surface area contributed by atoms with Gasteiger partial charge in [0.2, 0.25) is 0 Å². The molecule has 1 unspecified atom stereocenters. The van der Waals surface area contributed by atoms with E-state index in [1.807, 2.05) is 30.7 Å². The Labute approximate surface area is 339 Å². The van der Waals surface area contributed by atoms with Gasteiger partial charge in [-0.15, -0.1) is 0 Å². The highest BCUT2D eigenvalue weighted by molar-refractivity contribution is 6.30. The van der Waals surface area contributed by atoms with E-state index in [-0.39, 0.29) is 6.04 Å². The first-order valence-corrected chi connectivity index (χ1v) is 21.1. The van der Waals surface area contributed by atoms with Crippen molar-refractivity contribution in [2.45, 2.75) is 62.9 Å². The van der Waals surface area contributed by atoms with Gasteiger partial charge < -0.3 is 14.8 Å². The average Bonchev–Trinajstić information content (AvgIpc) is 3.73. The average molecular weight is 765 g/mol. The summed E-state index contributed by atoms with van der Waals surface area (Å²) >= 11 is 6.21. The van der Waals surface area contributed by atoms with Crippen LogP contribution in [-0.4, -0.2) is 70.1 Å². The molecule has 0 radical (unpaired) electrons. The summed E-state index contributed by atoms with van der Waals surface area (Å²) in [6, 6.07) is 47.2. The van der Waals surface area contributed by atoms with Crippen LogP contribution in [0.5, 0.6) is 0 Å². The van der Waals surface area contributed by atoms with Gasteiger partial charge in [-0.2, -0.15) is 0 Å². The van der Waals surface area contributed by atoms with Crippen molar-refractivity contribution in [2.24, 2.45) is 0 Å². The smallest absolute Gasteiger partial charge is 0.121 e. The molecule has 1 atom stereocenters. The van der Waals surface area contributed by atoms with E-state index < -0.39 is 5.54 Å². The fourth-order valence-corrected chi connectivity index (χ4v) is 8.58. The third kappa shape index (κ3) is 10.0. The van der Waals surface area contributed by atoms with Gasteiger partial charge in [-0.25, -0.2) is 4.98 Å². The van der Waals surface area contributed by atoms with Crippen LogP contribution >= 0.6 is 11.6 Å². The summed E-state index contributed by atoms with van der Waals surface area (Å²) in [5.41, 5.74) is 6.67. The zero-order chi connectivity index (χ0) is 38.3. The molecule has 1 saturated heterocycles. The first-order chi connectivity index (χ1) is 27.7. The molecule has 1 aliphatic heterocycles. The molecule has 0 aliphatic carbocycles. The molecule has 2 aromatic heterocycles. The summed E-state index contributed by atoms with van der Waals surface area (Å²) in [4.78, 5) is 14.9. The van der Waals surface area contributed by atoms with Crippen LogP contribution < -0.4 is 5.32 Å². The maximum absolute atomic E-state index is 6.21. The van der Waals surface area contributed by atoms with Gasteiger partial charge in [0.15, 0.2) is 0 Å². The minimum absolute atomic E-state index is 0.167. The standard InChI is InChI=1S/C49H57ClN6/c50-45-29-27-41(28-30-45)48(47-26-14-17-33-52-47)55-37-35-54(36-38-55)34-18-3-1-2-15-31-51-32-16-13-25-46-39-56(40-53-46)49(42-19-7-4-8-20-42,43-21-9-5-10-22-43)44-23-11-6-12-24-44/h4-12,14,17,19-24,26-30,33,39-40,48,51H,1-3,13,15-16,18,25,31-32,34-38H2. The molecular weight excluding hydrogens is 708 g/mol. The first kappa shape index (κ1) is 39.6. The molecule has 0 amide bonds. The maximum Gasteiger partial charge on any atom is 0.121 e. The van der Waals surface area contributed by atoms with Gasteiger partial charge in [-0.05, 0) is 98.3 Å². The molecule has 6 aromatic rings. The number of nitrogens with one attached hydrogen (secondary N) is 1. The minimum atomic E-state index is -0.504. The van der Waals surface area contributed by atoms with Crippen molar-refractivity contribution >= 4 is 11.6 Å². The van der Waals surface area contributed by atoms with Crippen molar-refractivity contribution in [3.63, 3.8) is 0 Å². The quantitative estimate of drug-likeness (QED) is 0.0620. The molecular formula is C49H57ClN6. The number of nitrogens with zero attached hydrogens (tertiary/aromatic N) is 5. The SMILES string of the molecule is Clc1ccc(C(c2ccccn2)N2CCN(CCCCCCCNCCCCc3cn(C(c4ccccc4)(c4ccccc4)c4ccccc4)cn3)CC2)cc1. The highest BCUT2D eigenvalue weighted by atomic mass is 35.5. The van der Waals surface area contributed by atoms with Crippen LogP contribution in [0, 0.1) is 0 Å². The lowest BCUT2D eigenvalue weighted by Crippen LogP contribution is -2.48. The third-order valence-corrected chi connectivity index (χ3v) is 11.6. The fourth-order valence-electron chi connectivity index (χ4n) is 8.45. The minimum Gasteiger partial charge on any atom is -0.319 e. The lowest BCUT2D eigenvalue weighted by Gasteiger charge is -2.39. The van der Waals surface area contributed by atoms with Crippen molar-refractivity contribution < 1.29 is 0 Å². The molecule has 7 heteroatoms. The number of aryl methyl sites for hydroxylation is 1. The molecule has 0 spiro atoms. The zero-order valence-corrected chi connectivity index (χ0v) is 33.5. The molecule has 4 aromatic carbocycles. The summed E-state index contributed by atoms with van der Waals surface area (Å²) in [6.45, 7) is 7.69. The van der Waals surface area contributed by atoms with E-state index in [2.05, 4.69) is 141 Å². The number of pyridine rings is 1. The molecule has 6 nitrogen and oxygen atoms in total. The normalized spacial score (nSPS) is 14.5. The van der Waals surface area contributed by atoms with E-state index in [0.29, 0.717) is 0 Å². The fraction of sp³-hybridized carbons (Fsp3) is 0.347. The van der Waals surface area contributed by atoms with Crippen molar-refractivity contribution in [2.75, 3.05) is 45.8 Å². The van der Waals surface area contributed by atoms with Crippen molar-refractivity contribution in [3.05, 3.63) is 191 Å². The van der Waals surface area contributed by atoms with E-state index in [4.69, 9.17) is 21.6 Å². The number of halogens is 1. The number of imidazole rings is 1. The molecule has 1 aliphatic rings. The van der Waals surface area contributed by atoms with Gasteiger partial charge in [0.25, 0.3) is 0 Å². The second-order valence-corrected chi connectivity index (χ2v) is 15.6. The zero-order valence-electron chi connectivity index (χ0n) is 32.7. The lowest BCUT2D eigenvalue weighted by molar-refractivity contribution is 0.107. The van der Waals surface area contributed by atoms with Crippen LogP contribution in [0.2, 0.25) is 5.02 Å². The number of piperazine rings is 1. The number of benzene rings is 4. The Hall–Kier alpha value is -4.59. The van der Waals surface area contributed by atoms with Crippen molar-refractivity contribution in [3.8, 4) is 0 Å². The second kappa shape index (κ2) is 20.5. The summed E-state index contributed by atoms with van der Waals surface area (Å²) in [6.07, 6.45) is 15.9. The monoisotopic (exact) mass is 764 g/mol. The lowest BCUT2D eigenvalue weighted by atomic mass is 9.77. The van der Waals surface area contributed by atoms with Crippen molar-refractivity contribution in [1.29, 1.82) is 0 Å². The van der Waals surface area contributed by atoms with Crippen molar-refractivity contribution in [1.82, 2.24) is 29.7 Å². The highest BCUT2D eigenvalue weighted by Crippen LogP contribution is 2.41. The molecule has 0 saturated carbocycles.